The van der Waals surface area contributed by atoms with Gasteiger partial charge >= 0.3 is 0 Å². The highest BCUT2D eigenvalue weighted by molar-refractivity contribution is 5.91. The number of nitrogens with zero attached hydrogens (tertiary/aromatic N) is 2. The first-order valence-corrected chi connectivity index (χ1v) is 9.52. The zero-order chi connectivity index (χ0) is 19.9. The van der Waals surface area contributed by atoms with Crippen molar-refractivity contribution in [2.75, 3.05) is 25.0 Å². The van der Waals surface area contributed by atoms with Crippen LogP contribution in [0.3, 0.4) is 0 Å². The summed E-state index contributed by atoms with van der Waals surface area (Å²) in [5.41, 5.74) is 1.35. The molecule has 2 N–H and O–H groups in total. The first-order chi connectivity index (χ1) is 13.5. The number of non-ortho nitro benzene ring substituents is 1. The molecule has 2 aromatic carbocycles. The lowest BCUT2D eigenvalue weighted by Crippen LogP contribution is -2.37. The topological polar surface area (TPSA) is 95.7 Å². The minimum Gasteiger partial charge on any atom is -0.388 e. The van der Waals surface area contributed by atoms with Gasteiger partial charge in [0.1, 0.15) is 0 Å². The number of rotatable bonds is 7. The summed E-state index contributed by atoms with van der Waals surface area (Å²) in [6, 6.07) is 15.7. The second-order valence-electron chi connectivity index (χ2n) is 7.14. The summed E-state index contributed by atoms with van der Waals surface area (Å²) in [4.78, 5) is 24.7. The molecule has 0 bridgehead atoms. The fourth-order valence-electron chi connectivity index (χ4n) is 3.60. The highest BCUT2D eigenvalue weighted by Gasteiger charge is 2.26. The van der Waals surface area contributed by atoms with Gasteiger partial charge in [-0.25, -0.2) is 0 Å². The lowest BCUT2D eigenvalue weighted by Gasteiger charge is -2.34. The van der Waals surface area contributed by atoms with Crippen molar-refractivity contribution < 1.29 is 14.8 Å². The number of nitro benzene ring substituents is 1. The van der Waals surface area contributed by atoms with Crippen molar-refractivity contribution >= 4 is 17.3 Å². The normalized spacial score (nSPS) is 16.5. The molecule has 1 atom stereocenters. The van der Waals surface area contributed by atoms with Gasteiger partial charge < -0.3 is 15.3 Å². The van der Waals surface area contributed by atoms with E-state index in [4.69, 9.17) is 0 Å². The average Bonchev–Trinajstić information content (AvgIpc) is 2.73. The van der Waals surface area contributed by atoms with Crippen molar-refractivity contribution in [1.29, 1.82) is 0 Å². The average molecular weight is 383 g/mol. The molecule has 1 fully saturated rings. The van der Waals surface area contributed by atoms with E-state index < -0.39 is 11.0 Å². The molecule has 3 rings (SSSR count). The SMILES string of the molecule is O=C(CCN1CCC(C(O)c2ccccc2)CC1)Nc1cccc([N+](=O)[O-])c1. The summed E-state index contributed by atoms with van der Waals surface area (Å²) in [7, 11) is 0. The lowest BCUT2D eigenvalue weighted by atomic mass is 9.87. The Balaban J connectivity index is 1.42. The van der Waals surface area contributed by atoms with Crippen LogP contribution in [0.2, 0.25) is 0 Å². The smallest absolute Gasteiger partial charge is 0.271 e. The molecule has 0 spiro atoms. The highest BCUT2D eigenvalue weighted by Crippen LogP contribution is 2.30. The molecule has 0 aliphatic carbocycles. The third-order valence-corrected chi connectivity index (χ3v) is 5.22. The van der Waals surface area contributed by atoms with Gasteiger partial charge in [-0.3, -0.25) is 14.9 Å². The molecule has 1 aliphatic rings. The van der Waals surface area contributed by atoms with Gasteiger partial charge in [0, 0.05) is 30.8 Å². The van der Waals surface area contributed by atoms with E-state index in [2.05, 4.69) is 10.2 Å². The minimum absolute atomic E-state index is 0.0446. The van der Waals surface area contributed by atoms with Gasteiger partial charge in [-0.15, -0.1) is 0 Å². The largest absolute Gasteiger partial charge is 0.388 e. The van der Waals surface area contributed by atoms with Crippen LogP contribution in [0.15, 0.2) is 54.6 Å². The monoisotopic (exact) mass is 383 g/mol. The van der Waals surface area contributed by atoms with Crippen molar-refractivity contribution in [1.82, 2.24) is 4.90 Å². The van der Waals surface area contributed by atoms with Crippen LogP contribution in [0.1, 0.15) is 30.9 Å². The van der Waals surface area contributed by atoms with Crippen LogP contribution in [0.4, 0.5) is 11.4 Å². The number of nitrogens with one attached hydrogen (secondary N) is 1. The van der Waals surface area contributed by atoms with Gasteiger partial charge in [0.25, 0.3) is 5.69 Å². The van der Waals surface area contributed by atoms with Gasteiger partial charge in [-0.2, -0.15) is 0 Å². The van der Waals surface area contributed by atoms with Crippen molar-refractivity contribution in [3.05, 3.63) is 70.3 Å². The Kier molecular flexibility index (Phi) is 6.73. The zero-order valence-electron chi connectivity index (χ0n) is 15.7. The molecule has 2 aromatic rings. The second kappa shape index (κ2) is 9.43. The number of hydrogen-bond donors (Lipinski definition) is 2. The first-order valence-electron chi connectivity index (χ1n) is 9.52. The molecule has 0 aromatic heterocycles. The fraction of sp³-hybridized carbons (Fsp3) is 0.381. The summed E-state index contributed by atoms with van der Waals surface area (Å²) in [5, 5.41) is 24.1. The van der Waals surface area contributed by atoms with Crippen molar-refractivity contribution in [3.63, 3.8) is 0 Å². The van der Waals surface area contributed by atoms with E-state index in [0.29, 0.717) is 18.7 Å². The van der Waals surface area contributed by atoms with E-state index in [-0.39, 0.29) is 17.5 Å². The number of amides is 1. The molecule has 28 heavy (non-hydrogen) atoms. The maximum atomic E-state index is 12.1. The Labute approximate surface area is 164 Å². The summed E-state index contributed by atoms with van der Waals surface area (Å²) in [5.74, 6) is 0.0734. The van der Waals surface area contributed by atoms with Crippen LogP contribution in [0, 0.1) is 16.0 Å². The summed E-state index contributed by atoms with van der Waals surface area (Å²) in [6.45, 7) is 2.33. The van der Waals surface area contributed by atoms with Gasteiger partial charge in [0.05, 0.1) is 11.0 Å². The third-order valence-electron chi connectivity index (χ3n) is 5.22. The summed E-state index contributed by atoms with van der Waals surface area (Å²) < 4.78 is 0. The second-order valence-corrected chi connectivity index (χ2v) is 7.14. The van der Waals surface area contributed by atoms with E-state index >= 15 is 0 Å². The fourth-order valence-corrected chi connectivity index (χ4v) is 3.60. The molecular formula is C21H25N3O4. The molecule has 0 radical (unpaired) electrons. The van der Waals surface area contributed by atoms with E-state index in [0.717, 1.165) is 31.5 Å². The number of carbonyl (C=O) groups excluding carboxylic acids is 1. The Morgan fingerprint density at radius 2 is 1.89 bits per heavy atom. The molecular weight excluding hydrogens is 358 g/mol. The Morgan fingerprint density at radius 1 is 1.18 bits per heavy atom. The molecule has 1 unspecified atom stereocenters. The molecule has 7 heteroatoms. The molecule has 1 aliphatic heterocycles. The summed E-state index contributed by atoms with van der Waals surface area (Å²) >= 11 is 0. The molecule has 1 saturated heterocycles. The number of nitro groups is 1. The number of likely N-dealkylation sites (tertiary alicyclic amines) is 1. The molecule has 7 nitrogen and oxygen atoms in total. The molecule has 1 heterocycles. The van der Waals surface area contributed by atoms with E-state index in [9.17, 15) is 20.0 Å². The van der Waals surface area contributed by atoms with Gasteiger partial charge in [0.15, 0.2) is 0 Å². The van der Waals surface area contributed by atoms with E-state index in [1.165, 1.54) is 12.1 Å². The first kappa shape index (κ1) is 20.0. The third kappa shape index (κ3) is 5.37. The molecule has 0 saturated carbocycles. The van der Waals surface area contributed by atoms with E-state index in [1.54, 1.807) is 12.1 Å². The van der Waals surface area contributed by atoms with Crippen LogP contribution in [-0.2, 0) is 4.79 Å². The molecule has 148 valence electrons. The van der Waals surface area contributed by atoms with Gasteiger partial charge in [-0.1, -0.05) is 36.4 Å². The Hall–Kier alpha value is -2.77. The maximum absolute atomic E-state index is 12.1. The number of aliphatic hydroxyl groups is 1. The van der Waals surface area contributed by atoms with Crippen LogP contribution >= 0.6 is 0 Å². The number of benzene rings is 2. The summed E-state index contributed by atoms with van der Waals surface area (Å²) in [6.07, 6.45) is 1.67. The lowest BCUT2D eigenvalue weighted by molar-refractivity contribution is -0.384. The van der Waals surface area contributed by atoms with Crippen molar-refractivity contribution in [2.45, 2.75) is 25.4 Å². The standard InChI is InChI=1S/C21H25N3O4/c25-20(22-18-7-4-8-19(15-18)24(27)28)11-14-23-12-9-17(10-13-23)21(26)16-5-2-1-3-6-16/h1-8,15,17,21,26H,9-14H2,(H,22,25). The predicted octanol–water partition coefficient (Wildman–Crippen LogP) is 3.37. The van der Waals surface area contributed by atoms with Crippen LogP contribution in [0.25, 0.3) is 0 Å². The van der Waals surface area contributed by atoms with Crippen molar-refractivity contribution in [2.24, 2.45) is 5.92 Å². The van der Waals surface area contributed by atoms with Crippen LogP contribution in [-0.4, -0.2) is 40.5 Å². The quantitative estimate of drug-likeness (QED) is 0.564. The highest BCUT2D eigenvalue weighted by atomic mass is 16.6. The van der Waals surface area contributed by atoms with Crippen LogP contribution in [0.5, 0.6) is 0 Å². The zero-order valence-corrected chi connectivity index (χ0v) is 15.7. The number of piperidine rings is 1. The number of aliphatic hydroxyl groups excluding tert-OH is 1. The van der Waals surface area contributed by atoms with E-state index in [1.807, 2.05) is 30.3 Å². The van der Waals surface area contributed by atoms with Crippen LogP contribution < -0.4 is 5.32 Å². The number of anilines is 1. The predicted molar refractivity (Wildman–Crippen MR) is 107 cm³/mol. The Bertz CT molecular complexity index is 804. The van der Waals surface area contributed by atoms with Gasteiger partial charge in [-0.05, 0) is 43.5 Å². The Morgan fingerprint density at radius 3 is 2.57 bits per heavy atom. The maximum Gasteiger partial charge on any atom is 0.271 e. The number of hydrogen-bond acceptors (Lipinski definition) is 5. The minimum atomic E-state index is -0.482. The van der Waals surface area contributed by atoms with Gasteiger partial charge in [0.2, 0.25) is 5.91 Å². The molecule has 1 amide bonds. The van der Waals surface area contributed by atoms with Crippen molar-refractivity contribution in [3.8, 4) is 0 Å². The number of carbonyl (C=O) groups is 1.